The number of nitrogens with zero attached hydrogens (tertiary/aromatic N) is 1. The molecule has 0 amide bonds. The van der Waals surface area contributed by atoms with Crippen LogP contribution in [0.25, 0.3) is 0 Å². The SMILES string of the molecule is COC(=O)C(NCc1ccc(OC)c([N+](=O)[O-])c1)C(C)C. The van der Waals surface area contributed by atoms with Gasteiger partial charge in [0.1, 0.15) is 6.04 Å². The van der Waals surface area contributed by atoms with E-state index in [1.54, 1.807) is 6.07 Å². The summed E-state index contributed by atoms with van der Waals surface area (Å²) in [6.07, 6.45) is 0. The fourth-order valence-electron chi connectivity index (χ4n) is 1.93. The molecular formula is C14H20N2O5. The maximum Gasteiger partial charge on any atom is 0.323 e. The van der Waals surface area contributed by atoms with Gasteiger partial charge in [0.2, 0.25) is 0 Å². The molecule has 7 heteroatoms. The van der Waals surface area contributed by atoms with E-state index in [4.69, 9.17) is 9.47 Å². The van der Waals surface area contributed by atoms with Gasteiger partial charge in [-0.1, -0.05) is 19.9 Å². The summed E-state index contributed by atoms with van der Waals surface area (Å²) in [4.78, 5) is 22.1. The highest BCUT2D eigenvalue weighted by atomic mass is 16.6. The molecule has 1 aromatic rings. The van der Waals surface area contributed by atoms with Gasteiger partial charge >= 0.3 is 11.7 Å². The Morgan fingerprint density at radius 2 is 2.05 bits per heavy atom. The van der Waals surface area contributed by atoms with Gasteiger partial charge in [0.15, 0.2) is 5.75 Å². The third kappa shape index (κ3) is 4.42. The smallest absolute Gasteiger partial charge is 0.323 e. The Morgan fingerprint density at radius 3 is 2.52 bits per heavy atom. The van der Waals surface area contributed by atoms with E-state index < -0.39 is 11.0 Å². The molecule has 0 fully saturated rings. The van der Waals surface area contributed by atoms with Crippen LogP contribution in [0.3, 0.4) is 0 Å². The third-order valence-corrected chi connectivity index (χ3v) is 3.09. The topological polar surface area (TPSA) is 90.7 Å². The summed E-state index contributed by atoms with van der Waals surface area (Å²) >= 11 is 0. The Balaban J connectivity index is 2.86. The highest BCUT2D eigenvalue weighted by molar-refractivity contribution is 5.75. The Hall–Kier alpha value is -2.15. The monoisotopic (exact) mass is 296 g/mol. The van der Waals surface area contributed by atoms with Gasteiger partial charge in [-0.25, -0.2) is 0 Å². The van der Waals surface area contributed by atoms with Crippen molar-refractivity contribution in [1.82, 2.24) is 5.32 Å². The number of nitro groups is 1. The average Bonchev–Trinajstić information content (AvgIpc) is 2.46. The number of carbonyl (C=O) groups is 1. The number of esters is 1. The number of hydrogen-bond acceptors (Lipinski definition) is 6. The Bertz CT molecular complexity index is 516. The minimum absolute atomic E-state index is 0.0469. The second-order valence-corrected chi connectivity index (χ2v) is 4.89. The average molecular weight is 296 g/mol. The van der Waals surface area contributed by atoms with E-state index in [1.165, 1.54) is 26.4 Å². The number of ether oxygens (including phenoxy) is 2. The van der Waals surface area contributed by atoms with Crippen LogP contribution in [0.2, 0.25) is 0 Å². The van der Waals surface area contributed by atoms with E-state index in [0.717, 1.165) is 0 Å². The molecule has 1 N–H and O–H groups in total. The molecule has 0 spiro atoms. The van der Waals surface area contributed by atoms with Crippen molar-refractivity contribution in [2.45, 2.75) is 26.4 Å². The Kier molecular flexibility index (Phi) is 6.10. The van der Waals surface area contributed by atoms with Crippen LogP contribution in [0.1, 0.15) is 19.4 Å². The predicted molar refractivity (Wildman–Crippen MR) is 77.1 cm³/mol. The summed E-state index contributed by atoms with van der Waals surface area (Å²) in [6, 6.07) is 4.22. The molecule has 0 aliphatic rings. The van der Waals surface area contributed by atoms with Crippen LogP contribution in [0.5, 0.6) is 5.75 Å². The van der Waals surface area contributed by atoms with E-state index in [-0.39, 0.29) is 23.3 Å². The Morgan fingerprint density at radius 1 is 1.38 bits per heavy atom. The highest BCUT2D eigenvalue weighted by Crippen LogP contribution is 2.27. The number of nitrogens with one attached hydrogen (secondary N) is 1. The van der Waals surface area contributed by atoms with Gasteiger partial charge in [0.25, 0.3) is 0 Å². The first kappa shape index (κ1) is 16.9. The second-order valence-electron chi connectivity index (χ2n) is 4.89. The Labute approximate surface area is 123 Å². The summed E-state index contributed by atoms with van der Waals surface area (Å²) < 4.78 is 9.68. The molecule has 7 nitrogen and oxygen atoms in total. The van der Waals surface area contributed by atoms with Crippen LogP contribution in [-0.2, 0) is 16.1 Å². The van der Waals surface area contributed by atoms with Crippen molar-refractivity contribution in [1.29, 1.82) is 0 Å². The number of carbonyl (C=O) groups excluding carboxylic acids is 1. The normalized spacial score (nSPS) is 12.0. The molecule has 0 radical (unpaired) electrons. The number of hydrogen-bond donors (Lipinski definition) is 1. The van der Waals surface area contributed by atoms with E-state index in [9.17, 15) is 14.9 Å². The summed E-state index contributed by atoms with van der Waals surface area (Å²) in [6.45, 7) is 4.11. The summed E-state index contributed by atoms with van der Waals surface area (Å²) in [5.41, 5.74) is 0.591. The molecule has 21 heavy (non-hydrogen) atoms. The lowest BCUT2D eigenvalue weighted by molar-refractivity contribution is -0.385. The van der Waals surface area contributed by atoms with Gasteiger partial charge in [-0.2, -0.15) is 0 Å². The fourth-order valence-corrected chi connectivity index (χ4v) is 1.93. The van der Waals surface area contributed by atoms with Crippen LogP contribution < -0.4 is 10.1 Å². The summed E-state index contributed by atoms with van der Waals surface area (Å²) in [5.74, 6) is -0.101. The van der Waals surface area contributed by atoms with Crippen LogP contribution in [-0.4, -0.2) is 31.2 Å². The third-order valence-electron chi connectivity index (χ3n) is 3.09. The largest absolute Gasteiger partial charge is 0.490 e. The lowest BCUT2D eigenvalue weighted by Crippen LogP contribution is -2.41. The minimum Gasteiger partial charge on any atom is -0.490 e. The molecule has 0 aliphatic heterocycles. The van der Waals surface area contributed by atoms with Gasteiger partial charge < -0.3 is 14.8 Å². The molecule has 0 bridgehead atoms. The van der Waals surface area contributed by atoms with Gasteiger partial charge in [-0.05, 0) is 17.5 Å². The van der Waals surface area contributed by atoms with Crippen molar-refractivity contribution in [3.05, 3.63) is 33.9 Å². The van der Waals surface area contributed by atoms with Crippen molar-refractivity contribution >= 4 is 11.7 Å². The molecule has 1 atom stereocenters. The van der Waals surface area contributed by atoms with Crippen LogP contribution in [0.4, 0.5) is 5.69 Å². The van der Waals surface area contributed by atoms with E-state index in [0.29, 0.717) is 12.1 Å². The van der Waals surface area contributed by atoms with Crippen molar-refractivity contribution in [3.63, 3.8) is 0 Å². The van der Waals surface area contributed by atoms with Crippen molar-refractivity contribution in [2.75, 3.05) is 14.2 Å². The standard InChI is InChI=1S/C14H20N2O5/c1-9(2)13(14(17)21-4)15-8-10-5-6-12(20-3)11(7-10)16(18)19/h5-7,9,13,15H,8H2,1-4H3. The molecule has 0 aliphatic carbocycles. The number of methoxy groups -OCH3 is 2. The lowest BCUT2D eigenvalue weighted by Gasteiger charge is -2.19. The van der Waals surface area contributed by atoms with Crippen LogP contribution >= 0.6 is 0 Å². The molecule has 0 aromatic heterocycles. The van der Waals surface area contributed by atoms with Gasteiger partial charge in [-0.15, -0.1) is 0 Å². The second kappa shape index (κ2) is 7.58. The molecular weight excluding hydrogens is 276 g/mol. The minimum atomic E-state index is -0.497. The molecule has 1 unspecified atom stereocenters. The van der Waals surface area contributed by atoms with E-state index in [2.05, 4.69) is 5.32 Å². The number of nitro benzene ring substituents is 1. The summed E-state index contributed by atoms with van der Waals surface area (Å²) in [5, 5.41) is 14.0. The zero-order chi connectivity index (χ0) is 16.0. The van der Waals surface area contributed by atoms with Crippen molar-refractivity contribution in [2.24, 2.45) is 5.92 Å². The zero-order valence-electron chi connectivity index (χ0n) is 12.6. The fraction of sp³-hybridized carbons (Fsp3) is 0.500. The molecule has 0 heterocycles. The molecule has 1 rings (SSSR count). The molecule has 116 valence electrons. The van der Waals surface area contributed by atoms with Gasteiger partial charge in [-0.3, -0.25) is 14.9 Å². The van der Waals surface area contributed by atoms with Gasteiger partial charge in [0, 0.05) is 12.6 Å². The van der Waals surface area contributed by atoms with Gasteiger partial charge in [0.05, 0.1) is 19.1 Å². The first-order valence-corrected chi connectivity index (χ1v) is 6.53. The number of benzene rings is 1. The first-order valence-electron chi connectivity index (χ1n) is 6.53. The highest BCUT2D eigenvalue weighted by Gasteiger charge is 2.22. The van der Waals surface area contributed by atoms with Crippen LogP contribution in [0, 0.1) is 16.0 Å². The lowest BCUT2D eigenvalue weighted by atomic mass is 10.0. The van der Waals surface area contributed by atoms with E-state index in [1.807, 2.05) is 13.8 Å². The zero-order valence-corrected chi connectivity index (χ0v) is 12.6. The maximum absolute atomic E-state index is 11.6. The first-order chi connectivity index (χ1) is 9.90. The molecule has 1 aromatic carbocycles. The summed E-state index contributed by atoms with van der Waals surface area (Å²) in [7, 11) is 2.71. The van der Waals surface area contributed by atoms with Crippen LogP contribution in [0.15, 0.2) is 18.2 Å². The maximum atomic E-state index is 11.6. The quantitative estimate of drug-likeness (QED) is 0.469. The van der Waals surface area contributed by atoms with E-state index >= 15 is 0 Å². The molecule has 0 saturated heterocycles. The number of rotatable bonds is 7. The van der Waals surface area contributed by atoms with Crippen molar-refractivity contribution in [3.8, 4) is 5.75 Å². The molecule has 0 saturated carbocycles. The predicted octanol–water partition coefficient (Wildman–Crippen LogP) is 1.89. The van der Waals surface area contributed by atoms with Crippen molar-refractivity contribution < 1.29 is 19.2 Å².